The largest absolute Gasteiger partial charge is 0.479 e. The molecule has 1 aliphatic rings. The number of rotatable bonds is 4. The molecule has 1 heterocycles. The fraction of sp³-hybridized carbons (Fsp3) is 0.467. The van der Waals surface area contributed by atoms with E-state index in [0.29, 0.717) is 13.0 Å². The van der Waals surface area contributed by atoms with Crippen molar-refractivity contribution >= 4 is 12.1 Å². The third kappa shape index (κ3) is 4.19. The highest BCUT2D eigenvalue weighted by Crippen LogP contribution is 2.25. The molecule has 1 aromatic carbocycles. The van der Waals surface area contributed by atoms with Gasteiger partial charge >= 0.3 is 12.1 Å². The average Bonchev–Trinajstić information content (AvgIpc) is 2.46. The molecule has 1 saturated heterocycles. The predicted octanol–water partition coefficient (Wildman–Crippen LogP) is 1.94. The Kier molecular flexibility index (Phi) is 4.80. The molecule has 1 fully saturated rings. The number of hydrogen-bond donors (Lipinski definition) is 2. The number of carboxylic acid groups (broad SMARTS) is 1. The summed E-state index contributed by atoms with van der Waals surface area (Å²) in [7, 11) is 0. The van der Waals surface area contributed by atoms with Crippen LogP contribution in [0.1, 0.15) is 25.3 Å². The van der Waals surface area contributed by atoms with Gasteiger partial charge in [-0.1, -0.05) is 30.3 Å². The summed E-state index contributed by atoms with van der Waals surface area (Å²) < 4.78 is 10.4. The van der Waals surface area contributed by atoms with Gasteiger partial charge in [0.05, 0.1) is 6.61 Å². The molecular formula is C15H19NO5. The summed E-state index contributed by atoms with van der Waals surface area (Å²) in [5.74, 6) is -1.02. The quantitative estimate of drug-likeness (QED) is 0.886. The van der Waals surface area contributed by atoms with Crippen LogP contribution in [0.3, 0.4) is 0 Å². The van der Waals surface area contributed by atoms with Crippen molar-refractivity contribution in [2.24, 2.45) is 0 Å². The summed E-state index contributed by atoms with van der Waals surface area (Å²) >= 11 is 0. The smallest absolute Gasteiger partial charge is 0.407 e. The van der Waals surface area contributed by atoms with E-state index in [-0.39, 0.29) is 19.1 Å². The summed E-state index contributed by atoms with van der Waals surface area (Å²) in [6, 6.07) is 9.09. The maximum Gasteiger partial charge on any atom is 0.407 e. The first-order valence-corrected chi connectivity index (χ1v) is 6.84. The predicted molar refractivity (Wildman–Crippen MR) is 74.8 cm³/mol. The zero-order valence-electron chi connectivity index (χ0n) is 11.9. The van der Waals surface area contributed by atoms with Gasteiger partial charge in [0.1, 0.15) is 6.61 Å². The highest BCUT2D eigenvalue weighted by atomic mass is 16.5. The monoisotopic (exact) mass is 293 g/mol. The van der Waals surface area contributed by atoms with E-state index < -0.39 is 17.7 Å². The molecule has 1 aliphatic heterocycles. The summed E-state index contributed by atoms with van der Waals surface area (Å²) in [6.45, 7) is 2.00. The van der Waals surface area contributed by atoms with Crippen LogP contribution in [0.25, 0.3) is 0 Å². The number of ether oxygens (including phenoxy) is 2. The second-order valence-corrected chi connectivity index (χ2v) is 5.28. The number of hydrogen-bond acceptors (Lipinski definition) is 4. The lowest BCUT2D eigenvalue weighted by molar-refractivity contribution is -0.170. The van der Waals surface area contributed by atoms with Crippen molar-refractivity contribution in [2.75, 3.05) is 6.61 Å². The molecule has 1 amide bonds. The van der Waals surface area contributed by atoms with Gasteiger partial charge in [0, 0.05) is 12.5 Å². The molecule has 2 unspecified atom stereocenters. The van der Waals surface area contributed by atoms with Crippen LogP contribution in [0, 0.1) is 0 Å². The third-order valence-corrected chi connectivity index (χ3v) is 3.51. The number of amides is 1. The summed E-state index contributed by atoms with van der Waals surface area (Å²) in [6.07, 6.45) is 0.255. The standard InChI is InChI=1S/C15H19NO5/c1-15(13(17)18)9-12(7-8-21-15)16-14(19)20-10-11-5-3-2-4-6-11/h2-6,12H,7-10H2,1H3,(H,16,19)(H,17,18). The summed E-state index contributed by atoms with van der Waals surface area (Å²) in [4.78, 5) is 22.9. The molecule has 0 bridgehead atoms. The van der Waals surface area contributed by atoms with Crippen molar-refractivity contribution in [2.45, 2.75) is 38.0 Å². The summed E-state index contributed by atoms with van der Waals surface area (Å²) in [5, 5.41) is 11.8. The van der Waals surface area contributed by atoms with Gasteiger partial charge < -0.3 is 19.9 Å². The molecule has 0 saturated carbocycles. The molecule has 2 rings (SSSR count). The maximum absolute atomic E-state index is 11.7. The van der Waals surface area contributed by atoms with E-state index >= 15 is 0 Å². The van der Waals surface area contributed by atoms with Crippen LogP contribution in [0.5, 0.6) is 0 Å². The number of alkyl carbamates (subject to hydrolysis) is 1. The number of benzene rings is 1. The van der Waals surface area contributed by atoms with E-state index in [1.165, 1.54) is 6.92 Å². The Morgan fingerprint density at radius 3 is 2.81 bits per heavy atom. The topological polar surface area (TPSA) is 84.9 Å². The lowest BCUT2D eigenvalue weighted by atomic mass is 9.92. The Morgan fingerprint density at radius 1 is 1.43 bits per heavy atom. The lowest BCUT2D eigenvalue weighted by Gasteiger charge is -2.34. The first-order valence-electron chi connectivity index (χ1n) is 6.84. The van der Waals surface area contributed by atoms with Gasteiger partial charge in [-0.3, -0.25) is 0 Å². The highest BCUT2D eigenvalue weighted by molar-refractivity contribution is 5.77. The van der Waals surface area contributed by atoms with Gasteiger partial charge in [0.15, 0.2) is 5.60 Å². The minimum Gasteiger partial charge on any atom is -0.479 e. The second kappa shape index (κ2) is 6.58. The zero-order chi connectivity index (χ0) is 15.3. The SMILES string of the molecule is CC1(C(=O)O)CC(NC(=O)OCc2ccccc2)CCO1. The number of aliphatic carboxylic acids is 1. The molecule has 2 N–H and O–H groups in total. The first kappa shape index (κ1) is 15.3. The Bertz CT molecular complexity index is 504. The molecule has 1 aromatic rings. The third-order valence-electron chi connectivity index (χ3n) is 3.51. The van der Waals surface area contributed by atoms with E-state index in [0.717, 1.165) is 5.56 Å². The van der Waals surface area contributed by atoms with Crippen molar-refractivity contribution in [1.29, 1.82) is 0 Å². The van der Waals surface area contributed by atoms with Crippen LogP contribution in [0.15, 0.2) is 30.3 Å². The lowest BCUT2D eigenvalue weighted by Crippen LogP contribution is -2.51. The van der Waals surface area contributed by atoms with Crippen molar-refractivity contribution in [3.05, 3.63) is 35.9 Å². The average molecular weight is 293 g/mol. The van der Waals surface area contributed by atoms with E-state index in [4.69, 9.17) is 14.6 Å². The van der Waals surface area contributed by atoms with Gasteiger partial charge in [-0.15, -0.1) is 0 Å². The van der Waals surface area contributed by atoms with Crippen LogP contribution >= 0.6 is 0 Å². The van der Waals surface area contributed by atoms with Crippen LogP contribution < -0.4 is 5.32 Å². The summed E-state index contributed by atoms with van der Waals surface area (Å²) in [5.41, 5.74) is -0.356. The van der Waals surface area contributed by atoms with Gasteiger partial charge in [0.25, 0.3) is 0 Å². The fourth-order valence-electron chi connectivity index (χ4n) is 2.26. The van der Waals surface area contributed by atoms with Crippen molar-refractivity contribution in [3.8, 4) is 0 Å². The molecule has 2 atom stereocenters. The molecule has 21 heavy (non-hydrogen) atoms. The van der Waals surface area contributed by atoms with Crippen LogP contribution in [0.4, 0.5) is 4.79 Å². The molecule has 114 valence electrons. The van der Waals surface area contributed by atoms with E-state index in [9.17, 15) is 9.59 Å². The Morgan fingerprint density at radius 2 is 2.14 bits per heavy atom. The van der Waals surface area contributed by atoms with Gasteiger partial charge in [-0.05, 0) is 18.9 Å². The number of carbonyl (C=O) groups is 2. The molecule has 0 aliphatic carbocycles. The van der Waals surface area contributed by atoms with Crippen molar-refractivity contribution < 1.29 is 24.2 Å². The van der Waals surface area contributed by atoms with Crippen molar-refractivity contribution in [1.82, 2.24) is 5.32 Å². The van der Waals surface area contributed by atoms with Crippen LogP contribution in [-0.2, 0) is 20.9 Å². The number of nitrogens with one attached hydrogen (secondary N) is 1. The van der Waals surface area contributed by atoms with Crippen LogP contribution in [-0.4, -0.2) is 35.4 Å². The van der Waals surface area contributed by atoms with E-state index in [1.807, 2.05) is 30.3 Å². The number of carbonyl (C=O) groups excluding carboxylic acids is 1. The second-order valence-electron chi connectivity index (χ2n) is 5.28. The zero-order valence-corrected chi connectivity index (χ0v) is 11.9. The highest BCUT2D eigenvalue weighted by Gasteiger charge is 2.40. The van der Waals surface area contributed by atoms with Gasteiger partial charge in [-0.25, -0.2) is 9.59 Å². The van der Waals surface area contributed by atoms with E-state index in [1.54, 1.807) is 0 Å². The molecule has 6 nitrogen and oxygen atoms in total. The first-order chi connectivity index (χ1) is 9.99. The van der Waals surface area contributed by atoms with E-state index in [2.05, 4.69) is 5.32 Å². The minimum absolute atomic E-state index is 0.187. The van der Waals surface area contributed by atoms with Crippen LogP contribution in [0.2, 0.25) is 0 Å². The number of carboxylic acids is 1. The Labute approximate surface area is 123 Å². The van der Waals surface area contributed by atoms with Crippen molar-refractivity contribution in [3.63, 3.8) is 0 Å². The molecular weight excluding hydrogens is 274 g/mol. The Hall–Kier alpha value is -2.08. The fourth-order valence-corrected chi connectivity index (χ4v) is 2.26. The molecule has 0 radical (unpaired) electrons. The molecule has 0 aromatic heterocycles. The Balaban J connectivity index is 1.81. The normalized spacial score (nSPS) is 25.1. The minimum atomic E-state index is -1.25. The van der Waals surface area contributed by atoms with Gasteiger partial charge in [-0.2, -0.15) is 0 Å². The van der Waals surface area contributed by atoms with Gasteiger partial charge in [0.2, 0.25) is 0 Å². The molecule has 0 spiro atoms. The maximum atomic E-state index is 11.7. The molecule has 6 heteroatoms.